The van der Waals surface area contributed by atoms with Gasteiger partial charge in [0.15, 0.2) is 5.16 Å². The quantitative estimate of drug-likeness (QED) is 0.439. The van der Waals surface area contributed by atoms with E-state index < -0.39 is 10.0 Å². The van der Waals surface area contributed by atoms with Crippen LogP contribution in [0.3, 0.4) is 0 Å². The van der Waals surface area contributed by atoms with Gasteiger partial charge in [0, 0.05) is 32.0 Å². The zero-order valence-corrected chi connectivity index (χ0v) is 21.0. The van der Waals surface area contributed by atoms with Crippen LogP contribution < -0.4 is 5.32 Å². The standard InChI is InChI=1S/C24H30N4O3S2/c1-5-27(6-2)33(30,31)21-12-10-20(11-13-21)16-26-23(29)17-32-24-25-14-15-28(24)22-9-7-8-18(3)19(22)4/h7-15H,5-6,16-17H2,1-4H3,(H,26,29). The number of carbonyl (C=O) groups excluding carboxylic acids is 1. The van der Waals surface area contributed by atoms with Gasteiger partial charge in [-0.05, 0) is 48.7 Å². The Bertz CT molecular complexity index is 1200. The summed E-state index contributed by atoms with van der Waals surface area (Å²) in [5.41, 5.74) is 4.26. The fourth-order valence-corrected chi connectivity index (χ4v) is 5.70. The van der Waals surface area contributed by atoms with Crippen molar-refractivity contribution in [3.05, 3.63) is 71.5 Å². The number of aromatic nitrogens is 2. The van der Waals surface area contributed by atoms with Crippen LogP contribution in [0.15, 0.2) is 64.9 Å². The molecule has 1 heterocycles. The van der Waals surface area contributed by atoms with Crippen LogP contribution in [0.25, 0.3) is 5.69 Å². The maximum absolute atomic E-state index is 12.6. The van der Waals surface area contributed by atoms with Gasteiger partial charge in [-0.1, -0.05) is 49.9 Å². The van der Waals surface area contributed by atoms with Crippen molar-refractivity contribution in [1.82, 2.24) is 19.2 Å². The number of sulfonamides is 1. The molecule has 1 aromatic heterocycles. The summed E-state index contributed by atoms with van der Waals surface area (Å²) < 4.78 is 28.6. The summed E-state index contributed by atoms with van der Waals surface area (Å²) in [7, 11) is -3.48. The average Bonchev–Trinajstić information content (AvgIpc) is 3.27. The second-order valence-electron chi connectivity index (χ2n) is 7.60. The summed E-state index contributed by atoms with van der Waals surface area (Å²) in [6, 6.07) is 12.8. The summed E-state index contributed by atoms with van der Waals surface area (Å²) in [6.07, 6.45) is 3.63. The Kier molecular flexibility index (Phi) is 8.34. The van der Waals surface area contributed by atoms with Crippen LogP contribution in [0.1, 0.15) is 30.5 Å². The Morgan fingerprint density at radius 1 is 1.09 bits per heavy atom. The van der Waals surface area contributed by atoms with E-state index >= 15 is 0 Å². The van der Waals surface area contributed by atoms with Crippen molar-refractivity contribution in [1.29, 1.82) is 0 Å². The largest absolute Gasteiger partial charge is 0.351 e. The number of imidazole rings is 1. The Hall–Kier alpha value is -2.62. The van der Waals surface area contributed by atoms with Gasteiger partial charge in [0.2, 0.25) is 15.9 Å². The van der Waals surface area contributed by atoms with E-state index in [1.165, 1.54) is 27.2 Å². The van der Waals surface area contributed by atoms with Gasteiger partial charge in [0.05, 0.1) is 16.3 Å². The molecule has 0 saturated heterocycles. The Morgan fingerprint density at radius 3 is 2.45 bits per heavy atom. The van der Waals surface area contributed by atoms with Crippen molar-refractivity contribution >= 4 is 27.7 Å². The first-order valence-electron chi connectivity index (χ1n) is 10.9. The van der Waals surface area contributed by atoms with Crippen molar-refractivity contribution in [2.45, 2.75) is 44.3 Å². The predicted octanol–water partition coefficient (Wildman–Crippen LogP) is 3.93. The van der Waals surface area contributed by atoms with Crippen LogP contribution in [-0.4, -0.2) is 47.0 Å². The minimum absolute atomic E-state index is 0.115. The van der Waals surface area contributed by atoms with Crippen molar-refractivity contribution in [2.75, 3.05) is 18.8 Å². The molecule has 3 rings (SSSR count). The normalized spacial score (nSPS) is 11.7. The van der Waals surface area contributed by atoms with Gasteiger partial charge in [0.25, 0.3) is 0 Å². The molecule has 0 atom stereocenters. The number of hydrogen-bond acceptors (Lipinski definition) is 5. The van der Waals surface area contributed by atoms with E-state index in [-0.39, 0.29) is 16.6 Å². The molecule has 33 heavy (non-hydrogen) atoms. The van der Waals surface area contributed by atoms with E-state index in [4.69, 9.17) is 0 Å². The first-order chi connectivity index (χ1) is 15.8. The zero-order valence-electron chi connectivity index (χ0n) is 19.4. The second-order valence-corrected chi connectivity index (χ2v) is 10.5. The Labute approximate surface area is 200 Å². The molecule has 9 heteroatoms. The van der Waals surface area contributed by atoms with Gasteiger partial charge in [-0.3, -0.25) is 9.36 Å². The highest BCUT2D eigenvalue weighted by Crippen LogP contribution is 2.24. The maximum Gasteiger partial charge on any atom is 0.243 e. The topological polar surface area (TPSA) is 84.3 Å². The number of thioether (sulfide) groups is 1. The molecule has 1 amide bonds. The summed E-state index contributed by atoms with van der Waals surface area (Å²) in [4.78, 5) is 17.1. The highest BCUT2D eigenvalue weighted by molar-refractivity contribution is 7.99. The lowest BCUT2D eigenvalue weighted by Crippen LogP contribution is -2.30. The molecular formula is C24H30N4O3S2. The van der Waals surface area contributed by atoms with Crippen molar-refractivity contribution < 1.29 is 13.2 Å². The van der Waals surface area contributed by atoms with Crippen molar-refractivity contribution in [2.24, 2.45) is 0 Å². The summed E-state index contributed by atoms with van der Waals surface area (Å²) in [6.45, 7) is 8.96. The molecule has 3 aromatic rings. The van der Waals surface area contributed by atoms with Gasteiger partial charge in [-0.2, -0.15) is 4.31 Å². The SMILES string of the molecule is CCN(CC)S(=O)(=O)c1ccc(CNC(=O)CSc2nccn2-c2cccc(C)c2C)cc1. The number of nitrogens with zero attached hydrogens (tertiary/aromatic N) is 3. The smallest absolute Gasteiger partial charge is 0.243 e. The number of nitrogens with one attached hydrogen (secondary N) is 1. The first kappa shape index (κ1) is 25.0. The predicted molar refractivity (Wildman–Crippen MR) is 132 cm³/mol. The number of aryl methyl sites for hydroxylation is 1. The lowest BCUT2D eigenvalue weighted by Gasteiger charge is -2.18. The molecule has 0 spiro atoms. The highest BCUT2D eigenvalue weighted by Gasteiger charge is 2.21. The number of hydrogen-bond donors (Lipinski definition) is 1. The van der Waals surface area contributed by atoms with E-state index in [0.717, 1.165) is 16.4 Å². The van der Waals surface area contributed by atoms with Crippen molar-refractivity contribution in [3.63, 3.8) is 0 Å². The molecule has 0 unspecified atom stereocenters. The molecule has 2 aromatic carbocycles. The molecular weight excluding hydrogens is 456 g/mol. The number of carbonyl (C=O) groups is 1. The highest BCUT2D eigenvalue weighted by atomic mass is 32.2. The van der Waals surface area contributed by atoms with E-state index in [2.05, 4.69) is 30.2 Å². The lowest BCUT2D eigenvalue weighted by molar-refractivity contribution is -0.118. The lowest BCUT2D eigenvalue weighted by atomic mass is 10.1. The van der Waals surface area contributed by atoms with Crippen LogP contribution in [-0.2, 0) is 21.4 Å². The zero-order chi connectivity index (χ0) is 24.0. The number of benzene rings is 2. The van der Waals surface area contributed by atoms with Gasteiger partial charge in [0.1, 0.15) is 0 Å². The van der Waals surface area contributed by atoms with Gasteiger partial charge in [-0.15, -0.1) is 0 Å². The molecule has 0 fully saturated rings. The summed E-state index contributed by atoms with van der Waals surface area (Å²) >= 11 is 1.38. The van der Waals surface area contributed by atoms with Crippen LogP contribution in [0.4, 0.5) is 0 Å². The molecule has 0 radical (unpaired) electrons. The maximum atomic E-state index is 12.6. The fraction of sp³-hybridized carbons (Fsp3) is 0.333. The third-order valence-corrected chi connectivity index (χ3v) is 8.56. The van der Waals surface area contributed by atoms with Crippen molar-refractivity contribution in [3.8, 4) is 5.69 Å². The molecule has 0 aliphatic rings. The summed E-state index contributed by atoms with van der Waals surface area (Å²) in [5.74, 6) is 0.117. The van der Waals surface area contributed by atoms with Crippen LogP contribution in [0.5, 0.6) is 0 Å². The third kappa shape index (κ3) is 5.85. The van der Waals surface area contributed by atoms with E-state index in [9.17, 15) is 13.2 Å². The first-order valence-corrected chi connectivity index (χ1v) is 13.3. The van der Waals surface area contributed by atoms with Crippen LogP contribution in [0, 0.1) is 13.8 Å². The average molecular weight is 487 g/mol. The van der Waals surface area contributed by atoms with Gasteiger partial charge >= 0.3 is 0 Å². The monoisotopic (exact) mass is 486 g/mol. The van der Waals surface area contributed by atoms with Crippen LogP contribution in [0.2, 0.25) is 0 Å². The molecule has 1 N–H and O–H groups in total. The van der Waals surface area contributed by atoms with Crippen LogP contribution >= 0.6 is 11.8 Å². The molecule has 0 aliphatic heterocycles. The number of amides is 1. The fourth-order valence-electron chi connectivity index (χ4n) is 3.45. The third-order valence-electron chi connectivity index (χ3n) is 5.53. The van der Waals surface area contributed by atoms with Gasteiger partial charge < -0.3 is 5.32 Å². The minimum Gasteiger partial charge on any atom is -0.351 e. The molecule has 0 aliphatic carbocycles. The molecule has 7 nitrogen and oxygen atoms in total. The van der Waals surface area contributed by atoms with Gasteiger partial charge in [-0.25, -0.2) is 13.4 Å². The second kappa shape index (κ2) is 11.0. The number of rotatable bonds is 10. The molecule has 176 valence electrons. The van der Waals surface area contributed by atoms with E-state index in [1.54, 1.807) is 30.5 Å². The molecule has 0 saturated carbocycles. The summed E-state index contributed by atoms with van der Waals surface area (Å²) in [5, 5.41) is 3.64. The molecule has 0 bridgehead atoms. The van der Waals surface area contributed by atoms with E-state index in [0.29, 0.717) is 19.6 Å². The Morgan fingerprint density at radius 2 is 1.79 bits per heavy atom. The minimum atomic E-state index is -3.48. The van der Waals surface area contributed by atoms with E-state index in [1.807, 2.05) is 36.7 Å². The Balaban J connectivity index is 1.57.